The van der Waals surface area contributed by atoms with Crippen molar-refractivity contribution in [2.24, 2.45) is 16.1 Å². The zero-order valence-corrected chi connectivity index (χ0v) is 14.4. The normalized spacial score (nSPS) is 12.5. The SMILES string of the molecule is CCCCCC(C)(C)CN=C(N)NC(C)C.I. The number of nitrogens with two attached hydrogens (primary N) is 1. The van der Waals surface area contributed by atoms with E-state index in [4.69, 9.17) is 5.73 Å². The Hall–Kier alpha value is 0. The van der Waals surface area contributed by atoms with Gasteiger partial charge in [0.05, 0.1) is 0 Å². The molecule has 0 aromatic heterocycles. The number of hydrogen-bond acceptors (Lipinski definition) is 1. The number of guanidine groups is 1. The first kappa shape index (κ1) is 19.3. The lowest BCUT2D eigenvalue weighted by atomic mass is 9.87. The lowest BCUT2D eigenvalue weighted by molar-refractivity contribution is 0.333. The quantitative estimate of drug-likeness (QED) is 0.318. The standard InChI is InChI=1S/C13H29N3.HI/c1-6-7-8-9-13(4,5)10-15-12(14)16-11(2)3;/h11H,6-10H2,1-5H3,(H3,14,15,16);1H. The van der Waals surface area contributed by atoms with Gasteiger partial charge in [-0.3, -0.25) is 4.99 Å². The summed E-state index contributed by atoms with van der Waals surface area (Å²) in [6.45, 7) is 11.7. The molecule has 3 N–H and O–H groups in total. The zero-order valence-electron chi connectivity index (χ0n) is 12.0. The van der Waals surface area contributed by atoms with Gasteiger partial charge in [-0.25, -0.2) is 0 Å². The van der Waals surface area contributed by atoms with Crippen molar-refractivity contribution in [3.63, 3.8) is 0 Å². The number of nitrogens with one attached hydrogen (secondary N) is 1. The maximum Gasteiger partial charge on any atom is 0.188 e. The third kappa shape index (κ3) is 12.2. The molecule has 0 radical (unpaired) electrons. The van der Waals surface area contributed by atoms with Gasteiger partial charge in [-0.1, -0.05) is 40.0 Å². The lowest BCUT2D eigenvalue weighted by Gasteiger charge is -2.22. The van der Waals surface area contributed by atoms with Crippen molar-refractivity contribution in [3.8, 4) is 0 Å². The van der Waals surface area contributed by atoms with E-state index in [-0.39, 0.29) is 29.4 Å². The second-order valence-electron chi connectivity index (χ2n) is 5.62. The Labute approximate surface area is 124 Å². The summed E-state index contributed by atoms with van der Waals surface area (Å²) < 4.78 is 0. The van der Waals surface area contributed by atoms with Crippen molar-refractivity contribution in [2.45, 2.75) is 66.3 Å². The van der Waals surface area contributed by atoms with E-state index in [0.29, 0.717) is 12.0 Å². The van der Waals surface area contributed by atoms with Crippen molar-refractivity contribution < 1.29 is 0 Å². The molecule has 0 amide bonds. The number of halogens is 1. The van der Waals surface area contributed by atoms with Crippen LogP contribution < -0.4 is 11.1 Å². The van der Waals surface area contributed by atoms with Gasteiger partial charge in [-0.15, -0.1) is 24.0 Å². The van der Waals surface area contributed by atoms with Gasteiger partial charge in [0.25, 0.3) is 0 Å². The van der Waals surface area contributed by atoms with Crippen LogP contribution >= 0.6 is 24.0 Å². The molecule has 0 aliphatic carbocycles. The van der Waals surface area contributed by atoms with Crippen LogP contribution in [0.2, 0.25) is 0 Å². The van der Waals surface area contributed by atoms with E-state index >= 15 is 0 Å². The van der Waals surface area contributed by atoms with Crippen molar-refractivity contribution in [1.29, 1.82) is 0 Å². The van der Waals surface area contributed by atoms with Crippen molar-refractivity contribution in [1.82, 2.24) is 5.32 Å². The highest BCUT2D eigenvalue weighted by molar-refractivity contribution is 14.0. The third-order valence-electron chi connectivity index (χ3n) is 2.57. The van der Waals surface area contributed by atoms with Gasteiger partial charge in [0.15, 0.2) is 5.96 Å². The Balaban J connectivity index is 0. The minimum atomic E-state index is 0. The molecular weight excluding hydrogens is 325 g/mol. The van der Waals surface area contributed by atoms with Crippen LogP contribution in [0.25, 0.3) is 0 Å². The molecule has 4 heteroatoms. The number of nitrogens with zero attached hydrogens (tertiary/aromatic N) is 1. The van der Waals surface area contributed by atoms with Gasteiger partial charge in [0.2, 0.25) is 0 Å². The van der Waals surface area contributed by atoms with Gasteiger partial charge in [-0.2, -0.15) is 0 Å². The Morgan fingerprint density at radius 2 is 1.88 bits per heavy atom. The van der Waals surface area contributed by atoms with Crippen molar-refractivity contribution in [2.75, 3.05) is 6.54 Å². The molecule has 0 bridgehead atoms. The summed E-state index contributed by atoms with van der Waals surface area (Å²) in [5.74, 6) is 0.568. The first-order chi connectivity index (χ1) is 7.37. The van der Waals surface area contributed by atoms with E-state index in [1.165, 1.54) is 25.7 Å². The summed E-state index contributed by atoms with van der Waals surface area (Å²) in [6, 6.07) is 0.354. The highest BCUT2D eigenvalue weighted by atomic mass is 127. The predicted molar refractivity (Wildman–Crippen MR) is 88.1 cm³/mol. The Morgan fingerprint density at radius 1 is 1.29 bits per heavy atom. The van der Waals surface area contributed by atoms with E-state index in [9.17, 15) is 0 Å². The van der Waals surface area contributed by atoms with Crippen LogP contribution in [0.15, 0.2) is 4.99 Å². The van der Waals surface area contributed by atoms with Crippen molar-refractivity contribution >= 4 is 29.9 Å². The average molecular weight is 355 g/mol. The fourth-order valence-electron chi connectivity index (χ4n) is 1.57. The molecule has 17 heavy (non-hydrogen) atoms. The van der Waals surface area contributed by atoms with Crippen LogP contribution in [0.5, 0.6) is 0 Å². The molecule has 0 saturated carbocycles. The van der Waals surface area contributed by atoms with Gasteiger partial charge >= 0.3 is 0 Å². The molecule has 0 aromatic carbocycles. The molecule has 104 valence electrons. The highest BCUT2D eigenvalue weighted by Gasteiger charge is 2.16. The van der Waals surface area contributed by atoms with Crippen LogP contribution in [0.4, 0.5) is 0 Å². The highest BCUT2D eigenvalue weighted by Crippen LogP contribution is 2.23. The largest absolute Gasteiger partial charge is 0.370 e. The molecule has 0 saturated heterocycles. The van der Waals surface area contributed by atoms with Crippen LogP contribution in [-0.2, 0) is 0 Å². The first-order valence-corrected chi connectivity index (χ1v) is 6.44. The Bertz CT molecular complexity index is 213. The van der Waals surface area contributed by atoms with Crippen LogP contribution in [0.1, 0.15) is 60.3 Å². The maximum atomic E-state index is 5.78. The van der Waals surface area contributed by atoms with Crippen LogP contribution in [0.3, 0.4) is 0 Å². The molecule has 0 aliphatic heterocycles. The number of aliphatic imine (C=N–C) groups is 1. The number of rotatable bonds is 7. The van der Waals surface area contributed by atoms with Gasteiger partial charge in [0.1, 0.15) is 0 Å². The molecule has 0 heterocycles. The van der Waals surface area contributed by atoms with Crippen molar-refractivity contribution in [3.05, 3.63) is 0 Å². The van der Waals surface area contributed by atoms with Crippen LogP contribution in [-0.4, -0.2) is 18.5 Å². The average Bonchev–Trinajstić information content (AvgIpc) is 2.14. The molecule has 0 aliphatic rings. The summed E-state index contributed by atoms with van der Waals surface area (Å²) in [6.07, 6.45) is 5.10. The van der Waals surface area contributed by atoms with E-state index in [2.05, 4.69) is 44.9 Å². The monoisotopic (exact) mass is 355 g/mol. The molecule has 0 rings (SSSR count). The van der Waals surface area contributed by atoms with E-state index in [1.54, 1.807) is 0 Å². The fraction of sp³-hybridized carbons (Fsp3) is 0.923. The van der Waals surface area contributed by atoms with E-state index in [0.717, 1.165) is 6.54 Å². The summed E-state index contributed by atoms with van der Waals surface area (Å²) >= 11 is 0. The smallest absolute Gasteiger partial charge is 0.188 e. The summed E-state index contributed by atoms with van der Waals surface area (Å²) in [7, 11) is 0. The molecule has 0 spiro atoms. The lowest BCUT2D eigenvalue weighted by Crippen LogP contribution is -2.37. The third-order valence-corrected chi connectivity index (χ3v) is 2.57. The minimum Gasteiger partial charge on any atom is -0.370 e. The second-order valence-corrected chi connectivity index (χ2v) is 5.62. The summed E-state index contributed by atoms with van der Waals surface area (Å²) in [5.41, 5.74) is 6.04. The fourth-order valence-corrected chi connectivity index (χ4v) is 1.57. The Kier molecular flexibility index (Phi) is 11.3. The Morgan fingerprint density at radius 3 is 2.35 bits per heavy atom. The molecule has 0 fully saturated rings. The molecular formula is C13H30IN3. The maximum absolute atomic E-state index is 5.78. The minimum absolute atomic E-state index is 0. The topological polar surface area (TPSA) is 50.4 Å². The summed E-state index contributed by atoms with van der Waals surface area (Å²) in [5, 5.41) is 3.11. The molecule has 3 nitrogen and oxygen atoms in total. The van der Waals surface area contributed by atoms with Gasteiger partial charge in [-0.05, 0) is 25.7 Å². The molecule has 0 unspecified atom stereocenters. The van der Waals surface area contributed by atoms with Crippen LogP contribution in [0, 0.1) is 5.41 Å². The van der Waals surface area contributed by atoms with Gasteiger partial charge < -0.3 is 11.1 Å². The number of hydrogen-bond donors (Lipinski definition) is 2. The number of unbranched alkanes of at least 4 members (excludes halogenated alkanes) is 2. The van der Waals surface area contributed by atoms with Gasteiger partial charge in [0, 0.05) is 12.6 Å². The molecule has 0 aromatic rings. The summed E-state index contributed by atoms with van der Waals surface area (Å²) in [4.78, 5) is 4.40. The second kappa shape index (κ2) is 9.97. The first-order valence-electron chi connectivity index (χ1n) is 6.44. The van der Waals surface area contributed by atoms with E-state index in [1.807, 2.05) is 0 Å². The zero-order chi connectivity index (χ0) is 12.6. The van der Waals surface area contributed by atoms with E-state index < -0.39 is 0 Å². The molecule has 0 atom stereocenters. The predicted octanol–water partition coefficient (Wildman–Crippen LogP) is 3.52.